The number of nitrogens with two attached hydrogens (primary N) is 1. The molecule has 3 heteroatoms. The lowest BCUT2D eigenvalue weighted by molar-refractivity contribution is 0.388. The zero-order valence-corrected chi connectivity index (χ0v) is 12.2. The van der Waals surface area contributed by atoms with Crippen molar-refractivity contribution in [2.75, 3.05) is 14.2 Å². The zero-order valence-electron chi connectivity index (χ0n) is 12.2. The van der Waals surface area contributed by atoms with Crippen LogP contribution in [-0.2, 0) is 12.0 Å². The second-order valence-corrected chi connectivity index (χ2v) is 5.18. The fraction of sp³-hybridized carbons (Fsp3) is 0.294. The molecule has 0 heterocycles. The first kappa shape index (κ1) is 14.4. The van der Waals surface area contributed by atoms with Crippen molar-refractivity contribution in [2.45, 2.75) is 18.9 Å². The maximum Gasteiger partial charge on any atom is 0.122 e. The maximum absolute atomic E-state index is 6.51. The van der Waals surface area contributed by atoms with Gasteiger partial charge < -0.3 is 15.2 Å². The molecule has 0 spiro atoms. The molecule has 0 saturated heterocycles. The standard InChI is InChI=1S/C17H21NO2/c1-17(18,12-13-7-5-4-6-8-13)14-9-15(19-2)11-16(10-14)20-3/h4-11H,12,18H2,1-3H3. The molecule has 2 aromatic carbocycles. The van der Waals surface area contributed by atoms with E-state index in [9.17, 15) is 0 Å². The van der Waals surface area contributed by atoms with Crippen molar-refractivity contribution in [3.05, 3.63) is 59.7 Å². The largest absolute Gasteiger partial charge is 0.497 e. The van der Waals surface area contributed by atoms with Crippen molar-refractivity contribution in [1.82, 2.24) is 0 Å². The Balaban J connectivity index is 2.33. The normalized spacial score (nSPS) is 13.6. The van der Waals surface area contributed by atoms with Gasteiger partial charge in [-0.15, -0.1) is 0 Å². The van der Waals surface area contributed by atoms with E-state index in [1.165, 1.54) is 5.56 Å². The van der Waals surface area contributed by atoms with Gasteiger partial charge in [-0.2, -0.15) is 0 Å². The molecule has 20 heavy (non-hydrogen) atoms. The van der Waals surface area contributed by atoms with Gasteiger partial charge in [0, 0.05) is 11.6 Å². The molecule has 0 amide bonds. The summed E-state index contributed by atoms with van der Waals surface area (Å²) in [6.45, 7) is 2.02. The number of ether oxygens (including phenoxy) is 2. The Hall–Kier alpha value is -2.00. The highest BCUT2D eigenvalue weighted by molar-refractivity contribution is 5.42. The lowest BCUT2D eigenvalue weighted by atomic mass is 9.86. The molecular formula is C17H21NO2. The van der Waals surface area contributed by atoms with E-state index in [-0.39, 0.29) is 0 Å². The van der Waals surface area contributed by atoms with Gasteiger partial charge in [-0.05, 0) is 36.6 Å². The first-order valence-electron chi connectivity index (χ1n) is 6.61. The quantitative estimate of drug-likeness (QED) is 0.908. The minimum absolute atomic E-state index is 0.483. The Bertz CT molecular complexity index is 542. The van der Waals surface area contributed by atoms with E-state index >= 15 is 0 Å². The summed E-state index contributed by atoms with van der Waals surface area (Å²) in [6.07, 6.45) is 0.754. The predicted molar refractivity (Wildman–Crippen MR) is 81.2 cm³/mol. The monoisotopic (exact) mass is 271 g/mol. The fourth-order valence-electron chi connectivity index (χ4n) is 2.26. The Morgan fingerprint density at radius 2 is 1.50 bits per heavy atom. The summed E-state index contributed by atoms with van der Waals surface area (Å²) in [7, 11) is 3.28. The van der Waals surface area contributed by atoms with Crippen LogP contribution in [0.25, 0.3) is 0 Å². The molecule has 0 aliphatic carbocycles. The average molecular weight is 271 g/mol. The molecule has 0 bridgehead atoms. The lowest BCUT2D eigenvalue weighted by Crippen LogP contribution is -2.35. The van der Waals surface area contributed by atoms with Gasteiger partial charge in [-0.3, -0.25) is 0 Å². The first-order chi connectivity index (χ1) is 9.55. The Labute approximate surface area is 120 Å². The smallest absolute Gasteiger partial charge is 0.122 e. The molecule has 0 radical (unpaired) electrons. The molecule has 2 aromatic rings. The van der Waals surface area contributed by atoms with Gasteiger partial charge in [0.2, 0.25) is 0 Å². The predicted octanol–water partition coefficient (Wildman–Crippen LogP) is 3.12. The van der Waals surface area contributed by atoms with Crippen LogP contribution >= 0.6 is 0 Å². The summed E-state index contributed by atoms with van der Waals surface area (Å²) in [5.74, 6) is 1.51. The van der Waals surface area contributed by atoms with E-state index in [0.717, 1.165) is 23.5 Å². The van der Waals surface area contributed by atoms with Gasteiger partial charge in [0.25, 0.3) is 0 Å². The second kappa shape index (κ2) is 5.97. The number of hydrogen-bond acceptors (Lipinski definition) is 3. The molecule has 0 fully saturated rings. The molecule has 106 valence electrons. The molecule has 2 rings (SSSR count). The average Bonchev–Trinajstić information content (AvgIpc) is 2.47. The van der Waals surface area contributed by atoms with Gasteiger partial charge in [0.15, 0.2) is 0 Å². The molecule has 0 aromatic heterocycles. The Kier molecular flexibility index (Phi) is 4.30. The van der Waals surface area contributed by atoms with Crippen molar-refractivity contribution in [2.24, 2.45) is 5.73 Å². The van der Waals surface area contributed by atoms with Crippen LogP contribution in [0, 0.1) is 0 Å². The third kappa shape index (κ3) is 3.31. The van der Waals surface area contributed by atoms with Gasteiger partial charge in [-0.1, -0.05) is 30.3 Å². The van der Waals surface area contributed by atoms with E-state index in [1.54, 1.807) is 14.2 Å². The molecule has 0 saturated carbocycles. The van der Waals surface area contributed by atoms with Crippen LogP contribution in [0.1, 0.15) is 18.1 Å². The van der Waals surface area contributed by atoms with E-state index in [4.69, 9.17) is 15.2 Å². The van der Waals surface area contributed by atoms with Gasteiger partial charge in [0.05, 0.1) is 14.2 Å². The number of rotatable bonds is 5. The minimum Gasteiger partial charge on any atom is -0.497 e. The summed E-state index contributed by atoms with van der Waals surface area (Å²) in [5, 5.41) is 0. The lowest BCUT2D eigenvalue weighted by Gasteiger charge is -2.26. The summed E-state index contributed by atoms with van der Waals surface area (Å²) < 4.78 is 10.6. The van der Waals surface area contributed by atoms with E-state index < -0.39 is 5.54 Å². The summed E-state index contributed by atoms with van der Waals surface area (Å²) in [5.41, 5.74) is 8.23. The van der Waals surface area contributed by atoms with Crippen molar-refractivity contribution in [1.29, 1.82) is 0 Å². The molecule has 3 nitrogen and oxygen atoms in total. The number of methoxy groups -OCH3 is 2. The van der Waals surface area contributed by atoms with Crippen molar-refractivity contribution in [3.63, 3.8) is 0 Å². The molecular weight excluding hydrogens is 250 g/mol. The SMILES string of the molecule is COc1cc(OC)cc(C(C)(N)Cc2ccccc2)c1. The third-order valence-electron chi connectivity index (χ3n) is 3.43. The Morgan fingerprint density at radius 1 is 0.950 bits per heavy atom. The van der Waals surface area contributed by atoms with Crippen LogP contribution in [0.4, 0.5) is 0 Å². The van der Waals surface area contributed by atoms with E-state index in [2.05, 4.69) is 12.1 Å². The number of benzene rings is 2. The Morgan fingerprint density at radius 3 is 2.00 bits per heavy atom. The number of hydrogen-bond donors (Lipinski definition) is 1. The summed E-state index contributed by atoms with van der Waals surface area (Å²) in [4.78, 5) is 0. The molecule has 0 aliphatic rings. The summed E-state index contributed by atoms with van der Waals surface area (Å²) in [6, 6.07) is 16.0. The van der Waals surface area contributed by atoms with Crippen molar-refractivity contribution in [3.8, 4) is 11.5 Å². The highest BCUT2D eigenvalue weighted by atomic mass is 16.5. The highest BCUT2D eigenvalue weighted by Gasteiger charge is 2.23. The van der Waals surface area contributed by atoms with Crippen LogP contribution in [0.2, 0.25) is 0 Å². The maximum atomic E-state index is 6.51. The van der Waals surface area contributed by atoms with Crippen molar-refractivity contribution < 1.29 is 9.47 Å². The topological polar surface area (TPSA) is 44.5 Å². The molecule has 1 atom stereocenters. The van der Waals surface area contributed by atoms with Gasteiger partial charge >= 0.3 is 0 Å². The third-order valence-corrected chi connectivity index (χ3v) is 3.43. The second-order valence-electron chi connectivity index (χ2n) is 5.18. The molecule has 0 aliphatic heterocycles. The van der Waals surface area contributed by atoms with Crippen LogP contribution in [0.15, 0.2) is 48.5 Å². The van der Waals surface area contributed by atoms with Gasteiger partial charge in [0.1, 0.15) is 11.5 Å². The molecule has 2 N–H and O–H groups in total. The first-order valence-corrected chi connectivity index (χ1v) is 6.61. The van der Waals surface area contributed by atoms with E-state index in [1.807, 2.05) is 43.3 Å². The van der Waals surface area contributed by atoms with Crippen LogP contribution in [-0.4, -0.2) is 14.2 Å². The van der Waals surface area contributed by atoms with E-state index in [0.29, 0.717) is 0 Å². The fourth-order valence-corrected chi connectivity index (χ4v) is 2.26. The van der Waals surface area contributed by atoms with Crippen molar-refractivity contribution >= 4 is 0 Å². The van der Waals surface area contributed by atoms with Crippen LogP contribution in [0.5, 0.6) is 11.5 Å². The highest BCUT2D eigenvalue weighted by Crippen LogP contribution is 2.30. The van der Waals surface area contributed by atoms with Gasteiger partial charge in [-0.25, -0.2) is 0 Å². The summed E-state index contributed by atoms with van der Waals surface area (Å²) >= 11 is 0. The minimum atomic E-state index is -0.483. The van der Waals surface area contributed by atoms with Crippen LogP contribution < -0.4 is 15.2 Å². The van der Waals surface area contributed by atoms with Crippen LogP contribution in [0.3, 0.4) is 0 Å². The molecule has 1 unspecified atom stereocenters. The zero-order chi connectivity index (χ0) is 14.6.